The molecule has 0 aliphatic heterocycles. The summed E-state index contributed by atoms with van der Waals surface area (Å²) in [5.41, 5.74) is 10.4. The SMILES string of the molecule is NC=NCCNc1ccc2[nH]c3ccc(Nc4ccc(Cl)c(Cl)c4)cc3c2c1. The first-order chi connectivity index (χ1) is 13.6. The first-order valence-electron chi connectivity index (χ1n) is 8.85. The van der Waals surface area contributed by atoms with Gasteiger partial charge in [-0.25, -0.2) is 0 Å². The highest BCUT2D eigenvalue weighted by Crippen LogP contribution is 2.32. The monoisotopic (exact) mass is 411 g/mol. The molecule has 1 heterocycles. The van der Waals surface area contributed by atoms with Crippen molar-refractivity contribution >= 4 is 68.4 Å². The summed E-state index contributed by atoms with van der Waals surface area (Å²) >= 11 is 12.1. The molecule has 3 aromatic carbocycles. The fraction of sp³-hybridized carbons (Fsp3) is 0.0952. The van der Waals surface area contributed by atoms with E-state index in [1.54, 1.807) is 6.07 Å². The fourth-order valence-electron chi connectivity index (χ4n) is 3.16. The Bertz CT molecular complexity index is 1170. The van der Waals surface area contributed by atoms with E-state index in [2.05, 4.69) is 50.9 Å². The normalized spacial score (nSPS) is 11.5. The molecule has 0 spiro atoms. The number of nitrogens with zero attached hydrogens (tertiary/aromatic N) is 1. The van der Waals surface area contributed by atoms with E-state index >= 15 is 0 Å². The number of nitrogens with two attached hydrogens (primary N) is 1. The smallest absolute Gasteiger partial charge is 0.0798 e. The van der Waals surface area contributed by atoms with Gasteiger partial charge >= 0.3 is 0 Å². The van der Waals surface area contributed by atoms with Gasteiger partial charge in [0.05, 0.1) is 22.9 Å². The molecule has 28 heavy (non-hydrogen) atoms. The highest BCUT2D eigenvalue weighted by Gasteiger charge is 2.07. The van der Waals surface area contributed by atoms with Gasteiger partial charge in [-0.2, -0.15) is 0 Å². The van der Waals surface area contributed by atoms with Crippen molar-refractivity contribution in [1.82, 2.24) is 4.98 Å². The molecule has 0 amide bonds. The van der Waals surface area contributed by atoms with E-state index in [9.17, 15) is 0 Å². The van der Waals surface area contributed by atoms with Crippen LogP contribution in [0.1, 0.15) is 0 Å². The van der Waals surface area contributed by atoms with Crippen LogP contribution in [-0.2, 0) is 0 Å². The number of benzene rings is 3. The van der Waals surface area contributed by atoms with Gasteiger partial charge in [0.25, 0.3) is 0 Å². The van der Waals surface area contributed by atoms with Crippen LogP contribution in [0.4, 0.5) is 17.1 Å². The molecular weight excluding hydrogens is 393 g/mol. The number of halogens is 2. The fourth-order valence-corrected chi connectivity index (χ4v) is 3.46. The molecule has 5 N–H and O–H groups in total. The second-order valence-corrected chi connectivity index (χ2v) is 7.20. The van der Waals surface area contributed by atoms with E-state index < -0.39 is 0 Å². The average molecular weight is 412 g/mol. The quantitative estimate of drug-likeness (QED) is 0.184. The minimum absolute atomic E-state index is 0.523. The molecule has 0 radical (unpaired) electrons. The molecule has 142 valence electrons. The number of H-pyrrole nitrogens is 1. The first-order valence-corrected chi connectivity index (χ1v) is 9.61. The predicted octanol–water partition coefficient (Wildman–Crippen LogP) is 5.77. The van der Waals surface area contributed by atoms with Crippen molar-refractivity contribution in [1.29, 1.82) is 0 Å². The molecule has 0 fully saturated rings. The molecule has 0 unspecified atom stereocenters. The van der Waals surface area contributed by atoms with Crippen molar-refractivity contribution in [3.05, 3.63) is 64.6 Å². The lowest BCUT2D eigenvalue weighted by Gasteiger charge is -2.08. The molecular formula is C21H19Cl2N5. The van der Waals surface area contributed by atoms with E-state index in [4.69, 9.17) is 28.9 Å². The largest absolute Gasteiger partial charge is 0.390 e. The van der Waals surface area contributed by atoms with Gasteiger partial charge in [-0.3, -0.25) is 4.99 Å². The van der Waals surface area contributed by atoms with Crippen LogP contribution < -0.4 is 16.4 Å². The second-order valence-electron chi connectivity index (χ2n) is 6.38. The molecule has 4 rings (SSSR count). The Labute approximate surface area is 172 Å². The Morgan fingerprint density at radius 2 is 1.50 bits per heavy atom. The third kappa shape index (κ3) is 3.86. The molecule has 0 saturated carbocycles. The van der Waals surface area contributed by atoms with Crippen LogP contribution in [0.3, 0.4) is 0 Å². The molecule has 5 nitrogen and oxygen atoms in total. The van der Waals surface area contributed by atoms with Crippen LogP contribution in [0, 0.1) is 0 Å². The Hall–Kier alpha value is -2.89. The molecule has 0 aliphatic carbocycles. The molecule has 1 aromatic heterocycles. The summed E-state index contributed by atoms with van der Waals surface area (Å²) in [4.78, 5) is 7.47. The first kappa shape index (κ1) is 18.5. The Kier molecular flexibility index (Phi) is 5.28. The number of nitrogens with one attached hydrogen (secondary N) is 3. The predicted molar refractivity (Wildman–Crippen MR) is 122 cm³/mol. The third-order valence-electron chi connectivity index (χ3n) is 4.48. The van der Waals surface area contributed by atoms with Gasteiger partial charge in [0.2, 0.25) is 0 Å². The van der Waals surface area contributed by atoms with Crippen LogP contribution in [0.2, 0.25) is 10.0 Å². The highest BCUT2D eigenvalue weighted by molar-refractivity contribution is 6.42. The van der Waals surface area contributed by atoms with Gasteiger partial charge in [0, 0.05) is 45.4 Å². The van der Waals surface area contributed by atoms with Crippen LogP contribution in [0.15, 0.2) is 59.6 Å². The number of hydrogen-bond donors (Lipinski definition) is 4. The van der Waals surface area contributed by atoms with Crippen molar-refractivity contribution < 1.29 is 0 Å². The summed E-state index contributed by atoms with van der Waals surface area (Å²) in [5.74, 6) is 0. The third-order valence-corrected chi connectivity index (χ3v) is 5.22. The summed E-state index contributed by atoms with van der Waals surface area (Å²) in [5, 5.41) is 10.1. The molecule has 4 aromatic rings. The van der Waals surface area contributed by atoms with Crippen LogP contribution >= 0.6 is 23.2 Å². The highest BCUT2D eigenvalue weighted by atomic mass is 35.5. The standard InChI is InChI=1S/C21H19Cl2N5/c22-18-4-1-15(11-19(18)23)27-14-3-6-21-17(10-14)16-9-13(2-5-20(16)28-21)26-8-7-25-12-24/h1-6,9-12,26-28H,7-8H2,(H2,24,25). The zero-order chi connectivity index (χ0) is 19.5. The van der Waals surface area contributed by atoms with Gasteiger partial charge < -0.3 is 21.4 Å². The number of aromatic nitrogens is 1. The summed E-state index contributed by atoms with van der Waals surface area (Å²) in [6.45, 7) is 1.37. The number of hydrogen-bond acceptors (Lipinski definition) is 3. The summed E-state index contributed by atoms with van der Waals surface area (Å²) in [6, 6.07) is 18.0. The van der Waals surface area contributed by atoms with Crippen LogP contribution in [-0.4, -0.2) is 24.4 Å². The summed E-state index contributed by atoms with van der Waals surface area (Å²) in [7, 11) is 0. The van der Waals surface area contributed by atoms with Gasteiger partial charge in [-0.1, -0.05) is 23.2 Å². The summed E-state index contributed by atoms with van der Waals surface area (Å²) < 4.78 is 0. The lowest BCUT2D eigenvalue weighted by molar-refractivity contribution is 1.03. The minimum atomic E-state index is 0.523. The molecule has 0 saturated heterocycles. The number of rotatable bonds is 6. The molecule has 0 bridgehead atoms. The van der Waals surface area contributed by atoms with Gasteiger partial charge in [0.1, 0.15) is 0 Å². The van der Waals surface area contributed by atoms with Crippen molar-refractivity contribution in [3.8, 4) is 0 Å². The van der Waals surface area contributed by atoms with E-state index in [1.165, 1.54) is 6.34 Å². The number of fused-ring (bicyclic) bond motifs is 3. The minimum Gasteiger partial charge on any atom is -0.390 e. The zero-order valence-electron chi connectivity index (χ0n) is 15.0. The Balaban J connectivity index is 1.64. The van der Waals surface area contributed by atoms with Crippen molar-refractivity contribution in [2.45, 2.75) is 0 Å². The maximum atomic E-state index is 6.12. The van der Waals surface area contributed by atoms with Gasteiger partial charge in [-0.15, -0.1) is 0 Å². The van der Waals surface area contributed by atoms with Gasteiger partial charge in [0.15, 0.2) is 0 Å². The van der Waals surface area contributed by atoms with Crippen molar-refractivity contribution in [2.75, 3.05) is 23.7 Å². The van der Waals surface area contributed by atoms with E-state index in [1.807, 2.05) is 18.2 Å². The molecule has 0 atom stereocenters. The van der Waals surface area contributed by atoms with Crippen LogP contribution in [0.25, 0.3) is 21.8 Å². The lowest BCUT2D eigenvalue weighted by Crippen LogP contribution is -2.05. The maximum Gasteiger partial charge on any atom is 0.0798 e. The average Bonchev–Trinajstić information content (AvgIpc) is 3.05. The van der Waals surface area contributed by atoms with E-state index in [0.29, 0.717) is 16.6 Å². The second kappa shape index (κ2) is 8.00. The number of aromatic amines is 1. The van der Waals surface area contributed by atoms with E-state index in [-0.39, 0.29) is 0 Å². The summed E-state index contributed by atoms with van der Waals surface area (Å²) in [6.07, 6.45) is 1.33. The van der Waals surface area contributed by atoms with Crippen molar-refractivity contribution in [3.63, 3.8) is 0 Å². The van der Waals surface area contributed by atoms with E-state index in [0.717, 1.165) is 45.4 Å². The lowest BCUT2D eigenvalue weighted by atomic mass is 10.1. The molecule has 0 aliphatic rings. The molecule has 7 heteroatoms. The zero-order valence-corrected chi connectivity index (χ0v) is 16.5. The van der Waals surface area contributed by atoms with Crippen molar-refractivity contribution in [2.24, 2.45) is 10.7 Å². The Morgan fingerprint density at radius 1 is 0.857 bits per heavy atom. The number of anilines is 3. The van der Waals surface area contributed by atoms with Gasteiger partial charge in [-0.05, 0) is 54.6 Å². The number of aliphatic imine (C=N–C) groups is 1. The topological polar surface area (TPSA) is 78.2 Å². The van der Waals surface area contributed by atoms with Crippen LogP contribution in [0.5, 0.6) is 0 Å². The Morgan fingerprint density at radius 3 is 2.21 bits per heavy atom. The maximum absolute atomic E-state index is 6.12.